The van der Waals surface area contributed by atoms with Crippen LogP contribution in [0.2, 0.25) is 0 Å². The summed E-state index contributed by atoms with van der Waals surface area (Å²) in [4.78, 5) is 0. The monoisotopic (exact) mass is 88.1 g/mol. The van der Waals surface area contributed by atoms with Crippen molar-refractivity contribution in [2.75, 3.05) is 6.67 Å². The first-order chi connectivity index (χ1) is 2.77. The molecule has 1 aliphatic carbocycles. The molecule has 0 bridgehead atoms. The predicted molar refractivity (Wildman–Crippen MR) is 23.3 cm³/mol. The van der Waals surface area contributed by atoms with Gasteiger partial charge in [-0.25, -0.2) is 0 Å². The average Bonchev–Trinajstić information content (AvgIpc) is 2.22. The van der Waals surface area contributed by atoms with Gasteiger partial charge in [0.1, 0.15) is 0 Å². The SMILES string of the molecule is CC1(CF)CC1. The van der Waals surface area contributed by atoms with Gasteiger partial charge in [0, 0.05) is 0 Å². The molecule has 0 unspecified atom stereocenters. The van der Waals surface area contributed by atoms with Crippen molar-refractivity contribution < 1.29 is 4.39 Å². The molecular formula is C5H9F. The zero-order chi connectivity index (χ0) is 4.62. The number of hydrogen-bond donors (Lipinski definition) is 0. The Morgan fingerprint density at radius 2 is 2.17 bits per heavy atom. The van der Waals surface area contributed by atoms with E-state index in [0.717, 1.165) is 12.8 Å². The molecule has 0 spiro atoms. The fraction of sp³-hybridized carbons (Fsp3) is 1.00. The van der Waals surface area contributed by atoms with Gasteiger partial charge in [-0.05, 0) is 18.3 Å². The van der Waals surface area contributed by atoms with E-state index in [2.05, 4.69) is 0 Å². The fourth-order valence-electron chi connectivity index (χ4n) is 0.347. The second-order valence-electron chi connectivity index (χ2n) is 2.44. The first-order valence-corrected chi connectivity index (χ1v) is 2.33. The third-order valence-corrected chi connectivity index (χ3v) is 1.43. The Morgan fingerprint density at radius 3 is 2.17 bits per heavy atom. The second kappa shape index (κ2) is 0.955. The quantitative estimate of drug-likeness (QED) is 0.458. The largest absolute Gasteiger partial charge is 0.251 e. The number of halogens is 1. The van der Waals surface area contributed by atoms with Crippen LogP contribution in [0.25, 0.3) is 0 Å². The average molecular weight is 88.1 g/mol. The first-order valence-electron chi connectivity index (χ1n) is 2.33. The molecule has 0 aliphatic heterocycles. The lowest BCUT2D eigenvalue weighted by Gasteiger charge is -1.93. The Bertz CT molecular complexity index is 55.0. The number of hydrogen-bond acceptors (Lipinski definition) is 0. The summed E-state index contributed by atoms with van der Waals surface area (Å²) in [5.41, 5.74) is 0.125. The lowest BCUT2D eigenvalue weighted by Crippen LogP contribution is -1.92. The van der Waals surface area contributed by atoms with Crippen LogP contribution < -0.4 is 0 Å². The van der Waals surface area contributed by atoms with E-state index in [4.69, 9.17) is 0 Å². The van der Waals surface area contributed by atoms with Gasteiger partial charge in [0.25, 0.3) is 0 Å². The van der Waals surface area contributed by atoms with Gasteiger partial charge in [-0.1, -0.05) is 6.92 Å². The fourth-order valence-corrected chi connectivity index (χ4v) is 0.347. The van der Waals surface area contributed by atoms with E-state index in [1.807, 2.05) is 6.92 Å². The molecule has 0 atom stereocenters. The minimum Gasteiger partial charge on any atom is -0.251 e. The molecule has 1 aliphatic rings. The highest BCUT2D eigenvalue weighted by Crippen LogP contribution is 2.44. The van der Waals surface area contributed by atoms with Gasteiger partial charge < -0.3 is 0 Å². The van der Waals surface area contributed by atoms with Crippen molar-refractivity contribution in [1.82, 2.24) is 0 Å². The van der Waals surface area contributed by atoms with E-state index < -0.39 is 0 Å². The van der Waals surface area contributed by atoms with E-state index in [9.17, 15) is 4.39 Å². The van der Waals surface area contributed by atoms with E-state index in [0.29, 0.717) is 0 Å². The van der Waals surface area contributed by atoms with Crippen molar-refractivity contribution in [1.29, 1.82) is 0 Å². The van der Waals surface area contributed by atoms with Crippen LogP contribution in [0.3, 0.4) is 0 Å². The summed E-state index contributed by atoms with van der Waals surface area (Å²) in [6.07, 6.45) is 2.20. The third kappa shape index (κ3) is 0.537. The second-order valence-corrected chi connectivity index (χ2v) is 2.44. The maximum absolute atomic E-state index is 11.6. The van der Waals surface area contributed by atoms with Crippen molar-refractivity contribution in [2.45, 2.75) is 19.8 Å². The van der Waals surface area contributed by atoms with Gasteiger partial charge in [-0.2, -0.15) is 0 Å². The van der Waals surface area contributed by atoms with Gasteiger partial charge in [0.15, 0.2) is 0 Å². The molecular weight excluding hydrogens is 79.1 g/mol. The summed E-state index contributed by atoms with van der Waals surface area (Å²) in [7, 11) is 0. The molecule has 0 aromatic rings. The highest BCUT2D eigenvalue weighted by atomic mass is 19.1. The summed E-state index contributed by atoms with van der Waals surface area (Å²) in [6, 6.07) is 0. The molecule has 0 N–H and O–H groups in total. The van der Waals surface area contributed by atoms with Crippen LogP contribution in [0.4, 0.5) is 4.39 Å². The van der Waals surface area contributed by atoms with Crippen LogP contribution in [0, 0.1) is 5.41 Å². The van der Waals surface area contributed by atoms with Crippen LogP contribution in [-0.2, 0) is 0 Å². The first kappa shape index (κ1) is 4.10. The summed E-state index contributed by atoms with van der Waals surface area (Å²) < 4.78 is 11.6. The van der Waals surface area contributed by atoms with Crippen molar-refractivity contribution >= 4 is 0 Å². The lowest BCUT2D eigenvalue weighted by molar-refractivity contribution is 0.366. The normalized spacial score (nSPS) is 27.0. The molecule has 36 valence electrons. The minimum absolute atomic E-state index is 0.118. The van der Waals surface area contributed by atoms with E-state index in [-0.39, 0.29) is 12.1 Å². The summed E-state index contributed by atoms with van der Waals surface area (Å²) in [6.45, 7) is 1.86. The standard InChI is InChI=1S/C5H9F/c1-5(4-6)2-3-5/h2-4H2,1H3. The van der Waals surface area contributed by atoms with Crippen molar-refractivity contribution in [2.24, 2.45) is 5.41 Å². The summed E-state index contributed by atoms with van der Waals surface area (Å²) in [5.74, 6) is 0. The van der Waals surface area contributed by atoms with Gasteiger partial charge in [0.05, 0.1) is 6.67 Å². The molecule has 1 heteroatoms. The predicted octanol–water partition coefficient (Wildman–Crippen LogP) is 1.76. The lowest BCUT2D eigenvalue weighted by atomic mass is 10.2. The van der Waals surface area contributed by atoms with Crippen LogP contribution in [0.1, 0.15) is 19.8 Å². The van der Waals surface area contributed by atoms with Crippen molar-refractivity contribution in [3.63, 3.8) is 0 Å². The molecule has 0 nitrogen and oxygen atoms in total. The van der Waals surface area contributed by atoms with Gasteiger partial charge >= 0.3 is 0 Å². The Hall–Kier alpha value is -0.0700. The Labute approximate surface area is 37.4 Å². The molecule has 0 aromatic heterocycles. The smallest absolute Gasteiger partial charge is 0.0947 e. The molecule has 0 saturated heterocycles. The Balaban J connectivity index is 2.28. The third-order valence-electron chi connectivity index (χ3n) is 1.43. The highest BCUT2D eigenvalue weighted by Gasteiger charge is 2.36. The number of alkyl halides is 1. The van der Waals surface area contributed by atoms with E-state index in [1.165, 1.54) is 0 Å². The molecule has 0 heterocycles. The topological polar surface area (TPSA) is 0 Å². The molecule has 6 heavy (non-hydrogen) atoms. The molecule has 1 fully saturated rings. The van der Waals surface area contributed by atoms with Crippen LogP contribution in [-0.4, -0.2) is 6.67 Å². The van der Waals surface area contributed by atoms with Crippen molar-refractivity contribution in [3.8, 4) is 0 Å². The molecule has 1 saturated carbocycles. The van der Waals surface area contributed by atoms with E-state index >= 15 is 0 Å². The zero-order valence-electron chi connectivity index (χ0n) is 4.00. The van der Waals surface area contributed by atoms with Gasteiger partial charge in [-0.3, -0.25) is 4.39 Å². The van der Waals surface area contributed by atoms with Gasteiger partial charge in [-0.15, -0.1) is 0 Å². The summed E-state index contributed by atoms with van der Waals surface area (Å²) in [5, 5.41) is 0. The molecule has 0 radical (unpaired) electrons. The minimum atomic E-state index is -0.118. The van der Waals surface area contributed by atoms with Crippen LogP contribution in [0.5, 0.6) is 0 Å². The van der Waals surface area contributed by atoms with Crippen molar-refractivity contribution in [3.05, 3.63) is 0 Å². The molecule has 1 rings (SSSR count). The van der Waals surface area contributed by atoms with Crippen LogP contribution in [0.15, 0.2) is 0 Å². The number of rotatable bonds is 1. The zero-order valence-corrected chi connectivity index (χ0v) is 4.00. The van der Waals surface area contributed by atoms with Crippen LogP contribution >= 0.6 is 0 Å². The highest BCUT2D eigenvalue weighted by molar-refractivity contribution is 4.87. The maximum Gasteiger partial charge on any atom is 0.0947 e. The maximum atomic E-state index is 11.6. The summed E-state index contributed by atoms with van der Waals surface area (Å²) >= 11 is 0. The van der Waals surface area contributed by atoms with Gasteiger partial charge in [0.2, 0.25) is 0 Å². The molecule has 0 amide bonds. The molecule has 0 aromatic carbocycles. The Kier molecular flexibility index (Phi) is 0.652. The Morgan fingerprint density at radius 1 is 1.67 bits per heavy atom. The van der Waals surface area contributed by atoms with E-state index in [1.54, 1.807) is 0 Å².